The molecule has 0 amide bonds. The first kappa shape index (κ1) is 25.6. The van der Waals surface area contributed by atoms with E-state index in [1.165, 1.54) is 96.3 Å². The second-order valence-electron chi connectivity index (χ2n) is 6.80. The van der Waals surface area contributed by atoms with Gasteiger partial charge in [-0.05, 0) is 6.42 Å². The van der Waals surface area contributed by atoms with Crippen LogP contribution in [0.25, 0.3) is 0 Å². The molecule has 0 radical (unpaired) electrons. The molecule has 0 aromatic rings. The third kappa shape index (κ3) is 24.8. The van der Waals surface area contributed by atoms with E-state index in [-0.39, 0.29) is 27.3 Å². The summed E-state index contributed by atoms with van der Waals surface area (Å²) >= 11 is 0. The molecular weight excluding hydrogens is 385 g/mol. The summed E-state index contributed by atoms with van der Waals surface area (Å²) in [5, 5.41) is 8.54. The Bertz CT molecular complexity index is 232. The Morgan fingerprint density at radius 3 is 1.09 bits per heavy atom. The van der Waals surface area contributed by atoms with Gasteiger partial charge >= 0.3 is 5.97 Å². The van der Waals surface area contributed by atoms with Crippen LogP contribution in [0.4, 0.5) is 0 Å². The quantitative estimate of drug-likeness (QED) is 0.188. The Hall–Kier alpha value is 0.392. The topological polar surface area (TPSA) is 37.3 Å². The minimum Gasteiger partial charge on any atom is -0.481 e. The first-order valence-corrected chi connectivity index (χ1v) is 9.99. The van der Waals surface area contributed by atoms with Crippen LogP contribution in [-0.2, 0) is 32.1 Å². The predicted molar refractivity (Wildman–Crippen MR) is 96.4 cm³/mol. The van der Waals surface area contributed by atoms with Crippen molar-refractivity contribution < 1.29 is 37.2 Å². The Balaban J connectivity index is 0. The van der Waals surface area contributed by atoms with Gasteiger partial charge in [-0.3, -0.25) is 4.79 Å². The molecule has 0 aliphatic rings. The molecule has 134 valence electrons. The molecule has 0 saturated carbocycles. The maximum Gasteiger partial charge on any atom is 0.303 e. The second-order valence-corrected chi connectivity index (χ2v) is 6.80. The van der Waals surface area contributed by atoms with Crippen LogP contribution in [-0.4, -0.2) is 11.1 Å². The zero-order chi connectivity index (χ0) is 16.3. The molecule has 0 heterocycles. The maximum atomic E-state index is 10.4. The van der Waals surface area contributed by atoms with E-state index in [2.05, 4.69) is 6.92 Å². The Morgan fingerprint density at radius 2 is 0.826 bits per heavy atom. The average molecular weight is 425 g/mol. The molecule has 0 aliphatic heterocycles. The number of hydrogen-bond acceptors (Lipinski definition) is 1. The van der Waals surface area contributed by atoms with Crippen LogP contribution >= 0.6 is 0 Å². The average Bonchev–Trinajstić information content (AvgIpc) is 2.50. The zero-order valence-electron chi connectivity index (χ0n) is 15.8. The fourth-order valence-electron chi connectivity index (χ4n) is 3.00. The van der Waals surface area contributed by atoms with Crippen LogP contribution in [0, 0.1) is 0 Å². The van der Waals surface area contributed by atoms with Crippen molar-refractivity contribution in [2.24, 2.45) is 0 Å². The normalized spacial score (nSPS) is 10.5. The van der Waals surface area contributed by atoms with Crippen LogP contribution in [0.3, 0.4) is 0 Å². The third-order valence-corrected chi connectivity index (χ3v) is 4.49. The first-order valence-electron chi connectivity index (χ1n) is 9.99. The van der Waals surface area contributed by atoms with E-state index in [0.29, 0.717) is 6.42 Å². The summed E-state index contributed by atoms with van der Waals surface area (Å²) in [6, 6.07) is 0. The Labute approximate surface area is 165 Å². The van der Waals surface area contributed by atoms with Gasteiger partial charge < -0.3 is 5.11 Å². The van der Waals surface area contributed by atoms with Gasteiger partial charge in [-0.25, -0.2) is 0 Å². The van der Waals surface area contributed by atoms with Gasteiger partial charge in [-0.2, -0.15) is 0 Å². The molecule has 3 heteroatoms. The fourth-order valence-corrected chi connectivity index (χ4v) is 3.00. The molecule has 0 spiro atoms. The third-order valence-electron chi connectivity index (χ3n) is 4.49. The molecule has 1 N–H and O–H groups in total. The van der Waals surface area contributed by atoms with Crippen molar-refractivity contribution in [3.05, 3.63) is 0 Å². The monoisotopic (exact) mass is 426 g/mol. The number of carboxylic acids is 1. The van der Waals surface area contributed by atoms with Crippen molar-refractivity contribution in [1.82, 2.24) is 0 Å². The van der Waals surface area contributed by atoms with E-state index in [9.17, 15) is 4.79 Å². The van der Waals surface area contributed by atoms with Gasteiger partial charge in [0, 0.05) is 33.7 Å². The van der Waals surface area contributed by atoms with Gasteiger partial charge in [0.05, 0.1) is 0 Å². The van der Waals surface area contributed by atoms with E-state index in [1.54, 1.807) is 0 Å². The van der Waals surface area contributed by atoms with E-state index in [1.807, 2.05) is 0 Å². The molecule has 0 aromatic heterocycles. The first-order chi connectivity index (χ1) is 10.8. The molecule has 0 rings (SSSR count). The van der Waals surface area contributed by atoms with Gasteiger partial charge in [0.15, 0.2) is 0 Å². The minimum absolute atomic E-state index is 0. The number of carbonyl (C=O) groups is 1. The second kappa shape index (κ2) is 22.4. The molecule has 0 saturated heterocycles. The van der Waals surface area contributed by atoms with Crippen molar-refractivity contribution in [1.29, 1.82) is 0 Å². The van der Waals surface area contributed by atoms with Crippen LogP contribution in [0.15, 0.2) is 0 Å². The van der Waals surface area contributed by atoms with E-state index < -0.39 is 5.97 Å². The molecule has 2 nitrogen and oxygen atoms in total. The summed E-state index contributed by atoms with van der Waals surface area (Å²) in [4.78, 5) is 10.4. The van der Waals surface area contributed by atoms with Crippen LogP contribution < -0.4 is 0 Å². The van der Waals surface area contributed by atoms with Crippen molar-refractivity contribution in [3.8, 4) is 0 Å². The van der Waals surface area contributed by atoms with E-state index in [0.717, 1.165) is 12.8 Å². The van der Waals surface area contributed by atoms with E-state index >= 15 is 0 Å². The molecule has 0 atom stereocenters. The van der Waals surface area contributed by atoms with Crippen molar-refractivity contribution >= 4 is 5.97 Å². The standard InChI is InChI=1S/C20H40O2.Cd/c1-2-3-4-5-6-7-8-9-10-11-12-13-14-15-16-17-18-19-20(21)22;/h2-19H2,1H3,(H,21,22);. The van der Waals surface area contributed by atoms with Crippen molar-refractivity contribution in [2.75, 3.05) is 0 Å². The van der Waals surface area contributed by atoms with E-state index in [4.69, 9.17) is 5.11 Å². The number of rotatable bonds is 18. The molecular formula is C20H40CdO2. The van der Waals surface area contributed by atoms with Crippen LogP contribution in [0.5, 0.6) is 0 Å². The summed E-state index contributed by atoms with van der Waals surface area (Å²) in [5.74, 6) is -0.652. The molecule has 0 aromatic carbocycles. The smallest absolute Gasteiger partial charge is 0.303 e. The molecule has 0 bridgehead atoms. The van der Waals surface area contributed by atoms with Crippen LogP contribution in [0.1, 0.15) is 122 Å². The number of carboxylic acid groups (broad SMARTS) is 1. The number of aliphatic carboxylic acids is 1. The molecule has 23 heavy (non-hydrogen) atoms. The van der Waals surface area contributed by atoms with Gasteiger partial charge in [0.1, 0.15) is 0 Å². The predicted octanol–water partition coefficient (Wildman–Crippen LogP) is 7.11. The maximum absolute atomic E-state index is 10.4. The van der Waals surface area contributed by atoms with Gasteiger partial charge in [-0.1, -0.05) is 110 Å². The van der Waals surface area contributed by atoms with Crippen LogP contribution in [0.2, 0.25) is 0 Å². The number of hydrogen-bond donors (Lipinski definition) is 1. The summed E-state index contributed by atoms with van der Waals surface area (Å²) in [6.45, 7) is 2.28. The van der Waals surface area contributed by atoms with Gasteiger partial charge in [0.2, 0.25) is 0 Å². The number of unbranched alkanes of at least 4 members (excludes halogenated alkanes) is 16. The Morgan fingerprint density at radius 1 is 0.565 bits per heavy atom. The van der Waals surface area contributed by atoms with Gasteiger partial charge in [-0.15, -0.1) is 0 Å². The van der Waals surface area contributed by atoms with Crippen molar-refractivity contribution in [3.63, 3.8) is 0 Å². The fraction of sp³-hybridized carbons (Fsp3) is 0.950. The molecule has 0 aliphatic carbocycles. The SMILES string of the molecule is CCCCCCCCCCCCCCCCCCCC(=O)O.[Cd]. The zero-order valence-corrected chi connectivity index (χ0v) is 19.8. The largest absolute Gasteiger partial charge is 0.481 e. The summed E-state index contributed by atoms with van der Waals surface area (Å²) in [5.41, 5.74) is 0. The van der Waals surface area contributed by atoms with Crippen molar-refractivity contribution in [2.45, 2.75) is 122 Å². The molecule has 0 fully saturated rings. The summed E-state index contributed by atoms with van der Waals surface area (Å²) in [7, 11) is 0. The minimum atomic E-state index is -0.652. The summed E-state index contributed by atoms with van der Waals surface area (Å²) < 4.78 is 0. The summed E-state index contributed by atoms with van der Waals surface area (Å²) in [6.07, 6.45) is 23.1. The Kier molecular flexibility index (Phi) is 25.0. The van der Waals surface area contributed by atoms with Gasteiger partial charge in [0.25, 0.3) is 0 Å². The molecule has 0 unspecified atom stereocenters.